The van der Waals surface area contributed by atoms with Crippen molar-refractivity contribution < 1.29 is 4.52 Å². The molecule has 1 N–H and O–H groups in total. The molecule has 0 saturated carbocycles. The summed E-state index contributed by atoms with van der Waals surface area (Å²) in [6.45, 7) is 2.42. The molecule has 7 heteroatoms. The van der Waals surface area contributed by atoms with Gasteiger partial charge in [-0.25, -0.2) is 9.97 Å². The third-order valence-corrected chi connectivity index (χ3v) is 4.23. The number of aromatic nitrogens is 5. The molecule has 0 unspecified atom stereocenters. The Kier molecular flexibility index (Phi) is 4.35. The standard InChI is InChI=1S/C19H20N6O/c1-13-10-15(24-26-13)11-20-18-16-12-21-25(2)19(16)23-17(22-18)9-8-14-6-4-3-5-7-14/h3-7,10,12H,8-9,11H2,1-2H3,(H,20,22,23). The second-order valence-electron chi connectivity index (χ2n) is 6.26. The van der Waals surface area contributed by atoms with E-state index in [2.05, 4.69) is 32.7 Å². The van der Waals surface area contributed by atoms with Gasteiger partial charge in [-0.1, -0.05) is 35.5 Å². The molecule has 0 amide bonds. The van der Waals surface area contributed by atoms with Crippen molar-refractivity contribution in [2.75, 3.05) is 5.32 Å². The molecule has 4 rings (SSSR count). The van der Waals surface area contributed by atoms with Crippen LogP contribution in [0.2, 0.25) is 0 Å². The highest BCUT2D eigenvalue weighted by Crippen LogP contribution is 2.21. The van der Waals surface area contributed by atoms with Crippen molar-refractivity contribution in [2.24, 2.45) is 7.05 Å². The fraction of sp³-hybridized carbons (Fsp3) is 0.263. The zero-order chi connectivity index (χ0) is 17.9. The summed E-state index contributed by atoms with van der Waals surface area (Å²) in [4.78, 5) is 9.40. The summed E-state index contributed by atoms with van der Waals surface area (Å²) in [6, 6.07) is 12.3. The van der Waals surface area contributed by atoms with Crippen LogP contribution in [-0.2, 0) is 26.4 Å². The molecular weight excluding hydrogens is 328 g/mol. The van der Waals surface area contributed by atoms with E-state index in [1.165, 1.54) is 5.56 Å². The maximum atomic E-state index is 5.12. The summed E-state index contributed by atoms with van der Waals surface area (Å²) in [6.07, 6.45) is 3.45. The molecule has 0 saturated heterocycles. The van der Waals surface area contributed by atoms with Crippen molar-refractivity contribution in [3.8, 4) is 0 Å². The number of hydrogen-bond acceptors (Lipinski definition) is 6. The van der Waals surface area contributed by atoms with Crippen LogP contribution in [-0.4, -0.2) is 24.9 Å². The molecule has 0 spiro atoms. The number of rotatable bonds is 6. The van der Waals surface area contributed by atoms with Gasteiger partial charge in [-0.05, 0) is 18.9 Å². The highest BCUT2D eigenvalue weighted by molar-refractivity contribution is 5.86. The summed E-state index contributed by atoms with van der Waals surface area (Å²) < 4.78 is 6.89. The maximum Gasteiger partial charge on any atom is 0.163 e. The number of anilines is 1. The van der Waals surface area contributed by atoms with Crippen molar-refractivity contribution in [3.63, 3.8) is 0 Å². The van der Waals surface area contributed by atoms with Gasteiger partial charge in [0, 0.05) is 19.5 Å². The fourth-order valence-corrected chi connectivity index (χ4v) is 2.89. The summed E-state index contributed by atoms with van der Waals surface area (Å²) in [5, 5.41) is 12.6. The predicted molar refractivity (Wildman–Crippen MR) is 98.7 cm³/mol. The van der Waals surface area contributed by atoms with E-state index in [-0.39, 0.29) is 0 Å². The second kappa shape index (κ2) is 6.95. The Hall–Kier alpha value is -3.22. The van der Waals surface area contributed by atoms with Crippen molar-refractivity contribution in [1.82, 2.24) is 24.9 Å². The molecule has 3 heterocycles. The van der Waals surface area contributed by atoms with Gasteiger partial charge >= 0.3 is 0 Å². The van der Waals surface area contributed by atoms with Gasteiger partial charge in [-0.2, -0.15) is 5.10 Å². The molecule has 4 aromatic rings. The molecule has 0 aliphatic rings. The van der Waals surface area contributed by atoms with Gasteiger partial charge in [0.25, 0.3) is 0 Å². The van der Waals surface area contributed by atoms with Crippen molar-refractivity contribution in [3.05, 3.63) is 65.4 Å². The van der Waals surface area contributed by atoms with Gasteiger partial charge in [0.2, 0.25) is 0 Å². The minimum atomic E-state index is 0.538. The molecule has 0 atom stereocenters. The largest absolute Gasteiger partial charge is 0.364 e. The van der Waals surface area contributed by atoms with Crippen LogP contribution in [0.5, 0.6) is 0 Å². The quantitative estimate of drug-likeness (QED) is 0.577. The summed E-state index contributed by atoms with van der Waals surface area (Å²) in [5.41, 5.74) is 2.93. The molecule has 132 valence electrons. The van der Waals surface area contributed by atoms with Gasteiger partial charge in [-0.3, -0.25) is 4.68 Å². The number of nitrogens with one attached hydrogen (secondary N) is 1. The Morgan fingerprint density at radius 3 is 2.73 bits per heavy atom. The summed E-state index contributed by atoms with van der Waals surface area (Å²) >= 11 is 0. The van der Waals surface area contributed by atoms with Crippen LogP contribution in [0.15, 0.2) is 47.1 Å². The minimum Gasteiger partial charge on any atom is -0.364 e. The lowest BCUT2D eigenvalue weighted by atomic mass is 10.1. The topological polar surface area (TPSA) is 81.7 Å². The van der Waals surface area contributed by atoms with Crippen LogP contribution < -0.4 is 5.32 Å². The number of hydrogen-bond donors (Lipinski definition) is 1. The first-order chi connectivity index (χ1) is 12.7. The van der Waals surface area contributed by atoms with Crippen LogP contribution in [0.4, 0.5) is 5.82 Å². The van der Waals surface area contributed by atoms with E-state index in [1.807, 2.05) is 38.2 Å². The lowest BCUT2D eigenvalue weighted by Gasteiger charge is -2.08. The second-order valence-corrected chi connectivity index (χ2v) is 6.26. The van der Waals surface area contributed by atoms with Crippen LogP contribution in [0, 0.1) is 6.92 Å². The molecule has 7 nitrogen and oxygen atoms in total. The number of fused-ring (bicyclic) bond motifs is 1. The van der Waals surface area contributed by atoms with Gasteiger partial charge in [0.1, 0.15) is 23.1 Å². The van der Waals surface area contributed by atoms with E-state index < -0.39 is 0 Å². The molecule has 0 bridgehead atoms. The molecule has 1 aromatic carbocycles. The Morgan fingerprint density at radius 2 is 1.96 bits per heavy atom. The van der Waals surface area contributed by atoms with E-state index in [9.17, 15) is 0 Å². The van der Waals surface area contributed by atoms with Crippen LogP contribution in [0.1, 0.15) is 22.8 Å². The Balaban J connectivity index is 1.58. The smallest absolute Gasteiger partial charge is 0.163 e. The first-order valence-electron chi connectivity index (χ1n) is 8.57. The Bertz CT molecular complexity index is 1020. The fourth-order valence-electron chi connectivity index (χ4n) is 2.89. The molecule has 0 radical (unpaired) electrons. The molecule has 0 aliphatic heterocycles. The first-order valence-corrected chi connectivity index (χ1v) is 8.57. The van der Waals surface area contributed by atoms with E-state index in [1.54, 1.807) is 10.9 Å². The third-order valence-electron chi connectivity index (χ3n) is 4.23. The normalized spacial score (nSPS) is 11.2. The first kappa shape index (κ1) is 16.3. The highest BCUT2D eigenvalue weighted by Gasteiger charge is 2.12. The number of nitrogens with zero attached hydrogens (tertiary/aromatic N) is 5. The number of benzene rings is 1. The average Bonchev–Trinajstić information content (AvgIpc) is 3.25. The van der Waals surface area contributed by atoms with Crippen molar-refractivity contribution in [1.29, 1.82) is 0 Å². The van der Waals surface area contributed by atoms with Crippen molar-refractivity contribution in [2.45, 2.75) is 26.3 Å². The zero-order valence-corrected chi connectivity index (χ0v) is 14.8. The van der Waals surface area contributed by atoms with E-state index >= 15 is 0 Å². The Morgan fingerprint density at radius 1 is 1.12 bits per heavy atom. The summed E-state index contributed by atoms with van der Waals surface area (Å²) in [5.74, 6) is 2.36. The summed E-state index contributed by atoms with van der Waals surface area (Å²) in [7, 11) is 1.89. The van der Waals surface area contributed by atoms with Crippen LogP contribution in [0.25, 0.3) is 11.0 Å². The minimum absolute atomic E-state index is 0.538. The highest BCUT2D eigenvalue weighted by atomic mass is 16.5. The molecule has 3 aromatic heterocycles. The SMILES string of the molecule is Cc1cc(CNc2nc(CCc3ccccc3)nc3c2cnn3C)no1. The van der Waals surface area contributed by atoms with E-state index in [0.717, 1.165) is 47.0 Å². The molecule has 0 aliphatic carbocycles. The average molecular weight is 348 g/mol. The number of aryl methyl sites for hydroxylation is 4. The van der Waals surface area contributed by atoms with Gasteiger partial charge in [-0.15, -0.1) is 0 Å². The molecule has 0 fully saturated rings. The predicted octanol–water partition coefficient (Wildman–Crippen LogP) is 3.06. The van der Waals surface area contributed by atoms with E-state index in [4.69, 9.17) is 9.51 Å². The third kappa shape index (κ3) is 3.42. The van der Waals surface area contributed by atoms with Crippen LogP contribution in [0.3, 0.4) is 0 Å². The van der Waals surface area contributed by atoms with Crippen molar-refractivity contribution >= 4 is 16.9 Å². The van der Waals surface area contributed by atoms with Gasteiger partial charge in [0.15, 0.2) is 5.65 Å². The van der Waals surface area contributed by atoms with Gasteiger partial charge < -0.3 is 9.84 Å². The zero-order valence-electron chi connectivity index (χ0n) is 14.8. The maximum absolute atomic E-state index is 5.12. The molecular formula is C19H20N6O. The monoisotopic (exact) mass is 348 g/mol. The molecule has 26 heavy (non-hydrogen) atoms. The lowest BCUT2D eigenvalue weighted by molar-refractivity contribution is 0.391. The lowest BCUT2D eigenvalue weighted by Crippen LogP contribution is -2.07. The van der Waals surface area contributed by atoms with Crippen LogP contribution >= 0.6 is 0 Å². The van der Waals surface area contributed by atoms with Gasteiger partial charge in [0.05, 0.1) is 18.1 Å². The van der Waals surface area contributed by atoms with E-state index in [0.29, 0.717) is 6.54 Å². The Labute approximate surface area is 151 Å².